The Balaban J connectivity index is 1.85. The minimum atomic E-state index is 0.565. The quantitative estimate of drug-likeness (QED) is 0.756. The van der Waals surface area contributed by atoms with Gasteiger partial charge >= 0.3 is 0 Å². The molecule has 2 aliphatic rings. The number of rotatable bonds is 2. The van der Waals surface area contributed by atoms with Crippen LogP contribution in [0.25, 0.3) is 0 Å². The Labute approximate surface area is 133 Å². The second-order valence-corrected chi connectivity index (χ2v) is 7.38. The fourth-order valence-electron chi connectivity index (χ4n) is 4.48. The first kappa shape index (κ1) is 15.1. The molecule has 0 spiro atoms. The van der Waals surface area contributed by atoms with E-state index in [4.69, 9.17) is 11.6 Å². The van der Waals surface area contributed by atoms with E-state index in [0.29, 0.717) is 5.92 Å². The van der Waals surface area contributed by atoms with Gasteiger partial charge in [-0.25, -0.2) is 0 Å². The average molecular weight is 304 g/mol. The smallest absolute Gasteiger partial charge is 0.0441 e. The van der Waals surface area contributed by atoms with Crippen LogP contribution in [0.2, 0.25) is 5.02 Å². The summed E-state index contributed by atoms with van der Waals surface area (Å²) in [6.07, 6.45) is 6.35. The fourth-order valence-corrected chi connectivity index (χ4v) is 4.76. The highest BCUT2D eigenvalue weighted by molar-refractivity contribution is 6.31. The van der Waals surface area contributed by atoms with Crippen molar-refractivity contribution < 1.29 is 0 Å². The first-order valence-electron chi connectivity index (χ1n) is 8.27. The molecule has 1 heterocycles. The number of hydrogen-bond donors (Lipinski definition) is 1. The largest absolute Gasteiger partial charge is 0.316 e. The minimum absolute atomic E-state index is 0.565. The molecule has 21 heavy (non-hydrogen) atoms. The first-order chi connectivity index (χ1) is 10.1. The van der Waals surface area contributed by atoms with Crippen LogP contribution in [0.3, 0.4) is 0 Å². The molecule has 1 saturated heterocycles. The molecule has 114 valence electrons. The summed E-state index contributed by atoms with van der Waals surface area (Å²) >= 11 is 6.48. The van der Waals surface area contributed by atoms with Crippen molar-refractivity contribution in [1.82, 2.24) is 5.32 Å². The molecule has 3 rings (SSSR count). The summed E-state index contributed by atoms with van der Waals surface area (Å²) in [5.41, 5.74) is 2.92. The normalized spacial score (nSPS) is 33.6. The third kappa shape index (κ3) is 3.35. The molecular weight excluding hydrogens is 278 g/mol. The highest BCUT2D eigenvalue weighted by atomic mass is 35.5. The van der Waals surface area contributed by atoms with Crippen molar-refractivity contribution in [2.75, 3.05) is 13.1 Å². The summed E-state index contributed by atoms with van der Waals surface area (Å²) in [6, 6.07) is 8.42. The molecule has 0 radical (unpaired) electrons. The van der Waals surface area contributed by atoms with Gasteiger partial charge in [-0.1, -0.05) is 48.4 Å². The number of nitrogens with one attached hydrogen (secondary N) is 1. The number of hydrogen-bond acceptors (Lipinski definition) is 1. The molecule has 4 atom stereocenters. The summed E-state index contributed by atoms with van der Waals surface area (Å²) in [7, 11) is 0. The lowest BCUT2D eigenvalue weighted by molar-refractivity contribution is 0.194. The van der Waals surface area contributed by atoms with E-state index in [1.165, 1.54) is 24.8 Å². The Kier molecular flexibility index (Phi) is 4.71. The standard InChI is InChI=1S/C19H26ClN/c1-13-9-14(2)11-15(10-13)16-7-8-21-12-18(16)17-5-3-4-6-19(17)20/h3-6,9,13,15-16,18,21H,7-8,10-12H2,1-2H3. The molecule has 4 unspecified atom stereocenters. The molecule has 1 aliphatic heterocycles. The average Bonchev–Trinajstić information content (AvgIpc) is 2.47. The van der Waals surface area contributed by atoms with Crippen LogP contribution < -0.4 is 5.32 Å². The van der Waals surface area contributed by atoms with Crippen molar-refractivity contribution >= 4 is 11.6 Å². The molecule has 0 bridgehead atoms. The van der Waals surface area contributed by atoms with Crippen molar-refractivity contribution in [2.45, 2.75) is 39.0 Å². The van der Waals surface area contributed by atoms with Gasteiger partial charge in [-0.2, -0.15) is 0 Å². The van der Waals surface area contributed by atoms with E-state index in [1.807, 2.05) is 12.1 Å². The van der Waals surface area contributed by atoms with Gasteiger partial charge in [0.1, 0.15) is 0 Å². The molecule has 0 amide bonds. The summed E-state index contributed by atoms with van der Waals surface area (Å²) in [4.78, 5) is 0. The van der Waals surface area contributed by atoms with E-state index >= 15 is 0 Å². The maximum absolute atomic E-state index is 6.48. The molecule has 1 nitrogen and oxygen atoms in total. The summed E-state index contributed by atoms with van der Waals surface area (Å²) in [6.45, 7) is 6.89. The summed E-state index contributed by atoms with van der Waals surface area (Å²) in [5.74, 6) is 2.87. The fraction of sp³-hybridized carbons (Fsp3) is 0.579. The van der Waals surface area contributed by atoms with Crippen molar-refractivity contribution in [3.63, 3.8) is 0 Å². The van der Waals surface area contributed by atoms with Crippen LogP contribution in [0.15, 0.2) is 35.9 Å². The Morgan fingerprint density at radius 2 is 2.05 bits per heavy atom. The second kappa shape index (κ2) is 6.54. The number of allylic oxidation sites excluding steroid dienone is 2. The predicted octanol–water partition coefficient (Wildman–Crippen LogP) is 5.03. The van der Waals surface area contributed by atoms with E-state index in [1.54, 1.807) is 5.57 Å². The monoisotopic (exact) mass is 303 g/mol. The Morgan fingerprint density at radius 3 is 2.81 bits per heavy atom. The Morgan fingerprint density at radius 1 is 1.24 bits per heavy atom. The Hall–Kier alpha value is -0.790. The van der Waals surface area contributed by atoms with Gasteiger partial charge in [0.15, 0.2) is 0 Å². The molecule has 1 aromatic carbocycles. The van der Waals surface area contributed by atoms with Gasteiger partial charge in [-0.3, -0.25) is 0 Å². The topological polar surface area (TPSA) is 12.0 Å². The molecule has 1 fully saturated rings. The zero-order valence-electron chi connectivity index (χ0n) is 13.1. The van der Waals surface area contributed by atoms with Crippen LogP contribution in [0, 0.1) is 17.8 Å². The molecule has 1 aliphatic carbocycles. The first-order valence-corrected chi connectivity index (χ1v) is 8.65. The van der Waals surface area contributed by atoms with Gasteiger partial charge in [0.25, 0.3) is 0 Å². The van der Waals surface area contributed by atoms with E-state index in [-0.39, 0.29) is 0 Å². The van der Waals surface area contributed by atoms with Gasteiger partial charge in [0.05, 0.1) is 0 Å². The highest BCUT2D eigenvalue weighted by Gasteiger charge is 2.35. The SMILES string of the molecule is CC1=CC(C)CC(C2CCNCC2c2ccccc2Cl)C1. The van der Waals surface area contributed by atoms with Crippen LogP contribution >= 0.6 is 11.6 Å². The van der Waals surface area contributed by atoms with Gasteiger partial charge < -0.3 is 5.32 Å². The van der Waals surface area contributed by atoms with Gasteiger partial charge in [-0.05, 0) is 62.1 Å². The van der Waals surface area contributed by atoms with Crippen LogP contribution in [-0.4, -0.2) is 13.1 Å². The zero-order valence-corrected chi connectivity index (χ0v) is 13.9. The second-order valence-electron chi connectivity index (χ2n) is 6.97. The molecule has 0 aromatic heterocycles. The summed E-state index contributed by atoms with van der Waals surface area (Å²) in [5, 5.41) is 4.52. The zero-order chi connectivity index (χ0) is 14.8. The lowest BCUT2D eigenvalue weighted by Crippen LogP contribution is -2.39. The lowest BCUT2D eigenvalue weighted by atomic mass is 9.68. The van der Waals surface area contributed by atoms with Crippen molar-refractivity contribution in [3.8, 4) is 0 Å². The molecular formula is C19H26ClN. The lowest BCUT2D eigenvalue weighted by Gasteiger charge is -2.41. The van der Waals surface area contributed by atoms with Gasteiger partial charge in [-0.15, -0.1) is 0 Å². The van der Waals surface area contributed by atoms with Crippen molar-refractivity contribution in [1.29, 1.82) is 0 Å². The van der Waals surface area contributed by atoms with E-state index < -0.39 is 0 Å². The van der Waals surface area contributed by atoms with E-state index in [9.17, 15) is 0 Å². The van der Waals surface area contributed by atoms with Crippen LogP contribution in [0.1, 0.15) is 44.6 Å². The Bertz CT molecular complexity index is 522. The van der Waals surface area contributed by atoms with Crippen LogP contribution in [-0.2, 0) is 0 Å². The molecule has 2 heteroatoms. The molecule has 0 saturated carbocycles. The van der Waals surface area contributed by atoms with Crippen molar-refractivity contribution in [2.24, 2.45) is 17.8 Å². The van der Waals surface area contributed by atoms with Gasteiger partial charge in [0.2, 0.25) is 0 Å². The summed E-state index contributed by atoms with van der Waals surface area (Å²) < 4.78 is 0. The van der Waals surface area contributed by atoms with E-state index in [2.05, 4.69) is 37.4 Å². The van der Waals surface area contributed by atoms with Crippen LogP contribution in [0.4, 0.5) is 0 Å². The van der Waals surface area contributed by atoms with Gasteiger partial charge in [0, 0.05) is 17.5 Å². The van der Waals surface area contributed by atoms with Crippen LogP contribution in [0.5, 0.6) is 0 Å². The number of piperidine rings is 1. The highest BCUT2D eigenvalue weighted by Crippen LogP contribution is 2.43. The third-order valence-electron chi connectivity index (χ3n) is 5.27. The predicted molar refractivity (Wildman–Crippen MR) is 90.8 cm³/mol. The van der Waals surface area contributed by atoms with Crippen molar-refractivity contribution in [3.05, 3.63) is 46.5 Å². The molecule has 1 aromatic rings. The molecule has 1 N–H and O–H groups in total. The minimum Gasteiger partial charge on any atom is -0.316 e. The maximum Gasteiger partial charge on any atom is 0.0441 e. The number of halogens is 1. The van der Waals surface area contributed by atoms with E-state index in [0.717, 1.165) is 35.9 Å². The maximum atomic E-state index is 6.48. The number of benzene rings is 1. The third-order valence-corrected chi connectivity index (χ3v) is 5.62.